The molecule has 0 saturated carbocycles. The fourth-order valence-corrected chi connectivity index (χ4v) is 3.41. The van der Waals surface area contributed by atoms with Gasteiger partial charge in [0.15, 0.2) is 0 Å². The van der Waals surface area contributed by atoms with E-state index in [1.165, 1.54) is 0 Å². The second-order valence-electron chi connectivity index (χ2n) is 5.82. The van der Waals surface area contributed by atoms with E-state index >= 15 is 0 Å². The van der Waals surface area contributed by atoms with E-state index in [-0.39, 0.29) is 18.6 Å². The molecule has 0 amide bonds. The van der Waals surface area contributed by atoms with Crippen LogP contribution in [0.5, 0.6) is 0 Å². The third-order valence-corrected chi connectivity index (χ3v) is 4.57. The first-order chi connectivity index (χ1) is 10.0. The number of carboxylic acid groups (broad SMARTS) is 1. The predicted molar refractivity (Wildman–Crippen MR) is 77.2 cm³/mol. The van der Waals surface area contributed by atoms with Crippen molar-refractivity contribution in [2.24, 2.45) is 5.92 Å². The number of aliphatic carboxylic acids is 1. The number of carbonyl (C=O) groups is 1. The Bertz CT molecular complexity index is 608. The van der Waals surface area contributed by atoms with Crippen LogP contribution in [0.2, 0.25) is 0 Å². The second kappa shape index (κ2) is 5.16. The van der Waals surface area contributed by atoms with Crippen molar-refractivity contribution in [2.75, 3.05) is 6.54 Å². The highest BCUT2D eigenvalue weighted by Gasteiger charge is 2.49. The number of rotatable bonds is 4. The van der Waals surface area contributed by atoms with Crippen molar-refractivity contribution >= 4 is 11.5 Å². The SMILES string of the molecule is CC(O)C1CN2C(C(=O)O)=C(c3cccc(CO)c3)CC12. The zero-order valence-corrected chi connectivity index (χ0v) is 11.9. The molecule has 112 valence electrons. The Kier molecular flexibility index (Phi) is 3.47. The lowest BCUT2D eigenvalue weighted by molar-refractivity contribution is -0.136. The van der Waals surface area contributed by atoms with E-state index in [9.17, 15) is 20.1 Å². The maximum atomic E-state index is 11.6. The zero-order chi connectivity index (χ0) is 15.1. The van der Waals surface area contributed by atoms with Crippen LogP contribution < -0.4 is 0 Å². The van der Waals surface area contributed by atoms with Crippen molar-refractivity contribution in [3.05, 3.63) is 41.1 Å². The standard InChI is InChI=1S/C16H19NO4/c1-9(19)13-7-17-14(13)6-12(15(17)16(20)21)11-4-2-3-10(5-11)8-18/h2-5,9,13-14,18-19H,6-8H2,1H3,(H,20,21). The minimum atomic E-state index is -0.925. The topological polar surface area (TPSA) is 81.0 Å². The molecule has 2 aliphatic heterocycles. The normalized spacial score (nSPS) is 25.6. The average Bonchev–Trinajstić information content (AvgIpc) is 2.72. The molecular weight excluding hydrogens is 270 g/mol. The molecule has 5 nitrogen and oxygen atoms in total. The molecule has 0 aliphatic carbocycles. The monoisotopic (exact) mass is 289 g/mol. The van der Waals surface area contributed by atoms with Crippen LogP contribution in [0.4, 0.5) is 0 Å². The van der Waals surface area contributed by atoms with Gasteiger partial charge in [0.25, 0.3) is 0 Å². The van der Waals surface area contributed by atoms with Gasteiger partial charge in [0.05, 0.1) is 12.7 Å². The Labute approximate surface area is 123 Å². The lowest BCUT2D eigenvalue weighted by atomic mass is 9.83. The van der Waals surface area contributed by atoms with Crippen LogP contribution in [0.1, 0.15) is 24.5 Å². The van der Waals surface area contributed by atoms with Crippen LogP contribution in [0.3, 0.4) is 0 Å². The highest BCUT2D eigenvalue weighted by atomic mass is 16.4. The lowest BCUT2D eigenvalue weighted by Crippen LogP contribution is -2.57. The minimum absolute atomic E-state index is 0.0625. The minimum Gasteiger partial charge on any atom is -0.477 e. The van der Waals surface area contributed by atoms with E-state index in [0.29, 0.717) is 18.7 Å². The highest BCUT2D eigenvalue weighted by molar-refractivity contribution is 5.97. The molecule has 0 spiro atoms. The summed E-state index contributed by atoms with van der Waals surface area (Å²) in [4.78, 5) is 13.5. The Morgan fingerprint density at radius 1 is 1.48 bits per heavy atom. The maximum Gasteiger partial charge on any atom is 0.352 e. The molecule has 2 heterocycles. The Morgan fingerprint density at radius 3 is 2.86 bits per heavy atom. The Hall–Kier alpha value is -1.85. The van der Waals surface area contributed by atoms with E-state index in [1.54, 1.807) is 6.92 Å². The van der Waals surface area contributed by atoms with Crippen molar-refractivity contribution in [1.29, 1.82) is 0 Å². The number of benzene rings is 1. The van der Waals surface area contributed by atoms with Crippen molar-refractivity contribution in [2.45, 2.75) is 32.1 Å². The third kappa shape index (κ3) is 2.22. The first kappa shape index (κ1) is 14.1. The molecule has 1 saturated heterocycles. The number of hydrogen-bond acceptors (Lipinski definition) is 4. The van der Waals surface area contributed by atoms with Crippen molar-refractivity contribution in [1.82, 2.24) is 4.90 Å². The van der Waals surface area contributed by atoms with Gasteiger partial charge in [0.1, 0.15) is 5.70 Å². The molecule has 3 atom stereocenters. The van der Waals surface area contributed by atoms with E-state index in [4.69, 9.17) is 0 Å². The molecule has 1 fully saturated rings. The van der Waals surface area contributed by atoms with Crippen LogP contribution in [0.25, 0.3) is 5.57 Å². The van der Waals surface area contributed by atoms with Crippen molar-refractivity contribution in [3.63, 3.8) is 0 Å². The van der Waals surface area contributed by atoms with Crippen LogP contribution >= 0.6 is 0 Å². The Morgan fingerprint density at radius 2 is 2.24 bits per heavy atom. The average molecular weight is 289 g/mol. The molecule has 5 heteroatoms. The molecule has 3 unspecified atom stereocenters. The van der Waals surface area contributed by atoms with Gasteiger partial charge in [-0.05, 0) is 36.1 Å². The molecule has 2 aliphatic rings. The fourth-order valence-electron chi connectivity index (χ4n) is 3.41. The number of hydrogen-bond donors (Lipinski definition) is 3. The molecule has 3 N–H and O–H groups in total. The molecular formula is C16H19NO4. The largest absolute Gasteiger partial charge is 0.477 e. The molecule has 3 rings (SSSR count). The van der Waals surface area contributed by atoms with Gasteiger partial charge in [-0.15, -0.1) is 0 Å². The lowest BCUT2D eigenvalue weighted by Gasteiger charge is -2.47. The van der Waals surface area contributed by atoms with E-state index in [1.807, 2.05) is 29.2 Å². The first-order valence-electron chi connectivity index (χ1n) is 7.14. The maximum absolute atomic E-state index is 11.6. The summed E-state index contributed by atoms with van der Waals surface area (Å²) in [6, 6.07) is 7.42. The summed E-state index contributed by atoms with van der Waals surface area (Å²) in [7, 11) is 0. The van der Waals surface area contributed by atoms with Gasteiger partial charge in [-0.1, -0.05) is 18.2 Å². The van der Waals surface area contributed by atoms with Crippen LogP contribution in [-0.2, 0) is 11.4 Å². The van der Waals surface area contributed by atoms with Gasteiger partial charge in [-0.25, -0.2) is 4.79 Å². The molecule has 21 heavy (non-hydrogen) atoms. The Balaban J connectivity index is 1.97. The van der Waals surface area contributed by atoms with E-state index < -0.39 is 12.1 Å². The van der Waals surface area contributed by atoms with Gasteiger partial charge in [-0.2, -0.15) is 0 Å². The summed E-state index contributed by atoms with van der Waals surface area (Å²) in [5, 5.41) is 28.5. The van der Waals surface area contributed by atoms with Crippen LogP contribution in [0.15, 0.2) is 30.0 Å². The van der Waals surface area contributed by atoms with Gasteiger partial charge in [-0.3, -0.25) is 0 Å². The number of aliphatic hydroxyl groups is 2. The molecule has 0 radical (unpaired) electrons. The van der Waals surface area contributed by atoms with Crippen molar-refractivity contribution in [3.8, 4) is 0 Å². The quantitative estimate of drug-likeness (QED) is 0.772. The van der Waals surface area contributed by atoms with Gasteiger partial charge in [0, 0.05) is 18.5 Å². The smallest absolute Gasteiger partial charge is 0.352 e. The molecule has 1 aromatic carbocycles. The van der Waals surface area contributed by atoms with Gasteiger partial charge < -0.3 is 20.2 Å². The second-order valence-corrected chi connectivity index (χ2v) is 5.82. The third-order valence-electron chi connectivity index (χ3n) is 4.57. The number of aliphatic hydroxyl groups excluding tert-OH is 2. The fraction of sp³-hybridized carbons (Fsp3) is 0.438. The number of fused-ring (bicyclic) bond motifs is 1. The summed E-state index contributed by atoms with van der Waals surface area (Å²) in [6.07, 6.45) is 0.205. The molecule has 0 aromatic heterocycles. The first-order valence-corrected chi connectivity index (χ1v) is 7.14. The predicted octanol–water partition coefficient (Wildman–Crippen LogP) is 1.06. The summed E-state index contributed by atoms with van der Waals surface area (Å²) in [5.74, 6) is -0.802. The molecule has 1 aromatic rings. The molecule has 0 bridgehead atoms. The van der Waals surface area contributed by atoms with Crippen LogP contribution in [-0.4, -0.2) is 44.9 Å². The van der Waals surface area contributed by atoms with Crippen molar-refractivity contribution < 1.29 is 20.1 Å². The van der Waals surface area contributed by atoms with Crippen LogP contribution in [0, 0.1) is 5.92 Å². The summed E-state index contributed by atoms with van der Waals surface area (Å²) in [5.41, 5.74) is 2.75. The van der Waals surface area contributed by atoms with E-state index in [0.717, 1.165) is 16.7 Å². The number of carboxylic acids is 1. The summed E-state index contributed by atoms with van der Waals surface area (Å²) >= 11 is 0. The van der Waals surface area contributed by atoms with Gasteiger partial charge in [0.2, 0.25) is 0 Å². The van der Waals surface area contributed by atoms with Gasteiger partial charge >= 0.3 is 5.97 Å². The summed E-state index contributed by atoms with van der Waals surface area (Å²) < 4.78 is 0. The zero-order valence-electron chi connectivity index (χ0n) is 11.9. The summed E-state index contributed by atoms with van der Waals surface area (Å²) in [6.45, 7) is 2.28. The highest BCUT2D eigenvalue weighted by Crippen LogP contribution is 2.46. The van der Waals surface area contributed by atoms with E-state index in [2.05, 4.69) is 0 Å². The number of nitrogens with zero attached hydrogens (tertiary/aromatic N) is 1.